The molecular formula is C29H60O9Si. The van der Waals surface area contributed by atoms with Crippen LogP contribution >= 0.6 is 0 Å². The highest BCUT2D eigenvalue weighted by Gasteiger charge is 2.13. The molecule has 0 N–H and O–H groups in total. The van der Waals surface area contributed by atoms with E-state index >= 15 is 0 Å². The van der Waals surface area contributed by atoms with Crippen LogP contribution in [0.1, 0.15) is 71.1 Å². The second-order valence-corrected chi connectivity index (χ2v) is 14.9. The van der Waals surface area contributed by atoms with E-state index in [1.165, 1.54) is 44.9 Å². The molecule has 9 nitrogen and oxygen atoms in total. The Morgan fingerprint density at radius 2 is 0.795 bits per heavy atom. The van der Waals surface area contributed by atoms with Crippen LogP contribution in [-0.2, 0) is 42.4 Å². The molecular weight excluding hydrogens is 520 g/mol. The summed E-state index contributed by atoms with van der Waals surface area (Å²) in [5.74, 6) is -0.129. The molecule has 0 saturated heterocycles. The number of rotatable bonds is 32. The summed E-state index contributed by atoms with van der Waals surface area (Å²) < 4.78 is 43.7. The fourth-order valence-corrected chi connectivity index (χ4v) is 4.17. The van der Waals surface area contributed by atoms with Crippen molar-refractivity contribution < 1.29 is 42.4 Å². The summed E-state index contributed by atoms with van der Waals surface area (Å²) in [6.45, 7) is 15.9. The third kappa shape index (κ3) is 35.4. The minimum Gasteiger partial charge on any atom is -0.463 e. The van der Waals surface area contributed by atoms with Crippen LogP contribution in [0.3, 0.4) is 0 Å². The van der Waals surface area contributed by atoms with Crippen LogP contribution in [0, 0.1) is 0 Å². The van der Waals surface area contributed by atoms with E-state index in [1.807, 2.05) is 0 Å². The van der Waals surface area contributed by atoms with E-state index in [9.17, 15) is 4.79 Å². The van der Waals surface area contributed by atoms with Crippen LogP contribution in [0.4, 0.5) is 0 Å². The molecule has 0 aliphatic carbocycles. The topological polar surface area (TPSA) is 90.9 Å². The number of hydrogen-bond acceptors (Lipinski definition) is 9. The first-order valence-electron chi connectivity index (χ1n) is 15.2. The Bertz CT molecular complexity index is 504. The summed E-state index contributed by atoms with van der Waals surface area (Å²) >= 11 is 0. The SMILES string of the molecule is CCCCCCCCCCCC(=O)OCCOCCOCCOCCOCCOCCOCCO[Si](C)(C)C. The van der Waals surface area contributed by atoms with Gasteiger partial charge in [-0.1, -0.05) is 58.3 Å². The van der Waals surface area contributed by atoms with Gasteiger partial charge in [-0.3, -0.25) is 4.79 Å². The zero-order valence-electron chi connectivity index (χ0n) is 25.6. The molecule has 0 aliphatic rings. The molecule has 0 fully saturated rings. The van der Waals surface area contributed by atoms with Gasteiger partial charge in [0.2, 0.25) is 0 Å². The van der Waals surface area contributed by atoms with Gasteiger partial charge in [-0.15, -0.1) is 0 Å². The maximum absolute atomic E-state index is 11.7. The van der Waals surface area contributed by atoms with Crippen molar-refractivity contribution in [1.82, 2.24) is 0 Å². The normalized spacial score (nSPS) is 11.8. The molecule has 0 rings (SSSR count). The van der Waals surface area contributed by atoms with E-state index in [1.54, 1.807) is 0 Å². The van der Waals surface area contributed by atoms with Gasteiger partial charge in [0.25, 0.3) is 0 Å². The van der Waals surface area contributed by atoms with E-state index in [4.69, 9.17) is 37.6 Å². The van der Waals surface area contributed by atoms with Crippen molar-refractivity contribution in [1.29, 1.82) is 0 Å². The summed E-state index contributed by atoms with van der Waals surface area (Å²) in [7, 11) is -1.45. The second kappa shape index (κ2) is 30.4. The smallest absolute Gasteiger partial charge is 0.305 e. The Labute approximate surface area is 240 Å². The molecule has 0 spiro atoms. The first kappa shape index (κ1) is 38.4. The van der Waals surface area contributed by atoms with Crippen molar-refractivity contribution in [3.05, 3.63) is 0 Å². The van der Waals surface area contributed by atoms with Gasteiger partial charge in [0, 0.05) is 6.42 Å². The molecule has 0 saturated carbocycles. The minimum atomic E-state index is -1.45. The lowest BCUT2D eigenvalue weighted by Gasteiger charge is -2.16. The summed E-state index contributed by atoms with van der Waals surface area (Å²) in [5.41, 5.74) is 0. The Hall–Kier alpha value is -0.593. The third-order valence-electron chi connectivity index (χ3n) is 5.60. The monoisotopic (exact) mass is 580 g/mol. The van der Waals surface area contributed by atoms with Gasteiger partial charge in [0.15, 0.2) is 8.32 Å². The Balaban J connectivity index is 3.14. The van der Waals surface area contributed by atoms with Gasteiger partial charge in [0.1, 0.15) is 6.61 Å². The molecule has 0 aromatic heterocycles. The van der Waals surface area contributed by atoms with Gasteiger partial charge in [-0.25, -0.2) is 0 Å². The van der Waals surface area contributed by atoms with Crippen molar-refractivity contribution in [3.63, 3.8) is 0 Å². The first-order chi connectivity index (χ1) is 19.0. The average molecular weight is 581 g/mol. The van der Waals surface area contributed by atoms with Gasteiger partial charge < -0.3 is 37.6 Å². The van der Waals surface area contributed by atoms with Crippen molar-refractivity contribution in [2.45, 2.75) is 90.8 Å². The molecule has 0 aromatic carbocycles. The largest absolute Gasteiger partial charge is 0.463 e. The fraction of sp³-hybridized carbons (Fsp3) is 0.966. The molecule has 0 heterocycles. The first-order valence-corrected chi connectivity index (χ1v) is 18.6. The summed E-state index contributed by atoms with van der Waals surface area (Å²) in [5, 5.41) is 0. The molecule has 0 amide bonds. The molecule has 0 radical (unpaired) electrons. The van der Waals surface area contributed by atoms with E-state index in [0.717, 1.165) is 12.8 Å². The summed E-state index contributed by atoms with van der Waals surface area (Å²) in [6.07, 6.45) is 11.7. The highest BCUT2D eigenvalue weighted by atomic mass is 28.4. The van der Waals surface area contributed by atoms with Crippen molar-refractivity contribution in [2.24, 2.45) is 0 Å². The number of carbonyl (C=O) groups is 1. The van der Waals surface area contributed by atoms with Gasteiger partial charge in [-0.05, 0) is 26.1 Å². The maximum atomic E-state index is 11.7. The number of unbranched alkanes of at least 4 members (excludes halogenated alkanes) is 8. The van der Waals surface area contributed by atoms with Gasteiger partial charge >= 0.3 is 5.97 Å². The molecule has 0 aromatic rings. The Morgan fingerprint density at radius 3 is 1.18 bits per heavy atom. The van der Waals surface area contributed by atoms with Crippen LogP contribution in [0.25, 0.3) is 0 Å². The summed E-state index contributed by atoms with van der Waals surface area (Å²) in [4.78, 5) is 11.7. The van der Waals surface area contributed by atoms with Crippen molar-refractivity contribution in [3.8, 4) is 0 Å². The van der Waals surface area contributed by atoms with E-state index in [0.29, 0.717) is 98.9 Å². The molecule has 39 heavy (non-hydrogen) atoms. The minimum absolute atomic E-state index is 0.129. The predicted molar refractivity (Wildman–Crippen MR) is 157 cm³/mol. The summed E-state index contributed by atoms with van der Waals surface area (Å²) in [6, 6.07) is 0. The fourth-order valence-electron chi connectivity index (χ4n) is 3.48. The maximum Gasteiger partial charge on any atom is 0.305 e. The predicted octanol–water partition coefficient (Wildman–Crippen LogP) is 5.40. The zero-order chi connectivity index (χ0) is 28.7. The van der Waals surface area contributed by atoms with Gasteiger partial charge in [-0.2, -0.15) is 0 Å². The van der Waals surface area contributed by atoms with E-state index in [-0.39, 0.29) is 5.97 Å². The number of hydrogen-bond donors (Lipinski definition) is 0. The van der Waals surface area contributed by atoms with Crippen molar-refractivity contribution in [2.75, 3.05) is 92.5 Å². The molecule has 0 unspecified atom stereocenters. The second-order valence-electron chi connectivity index (χ2n) is 10.4. The van der Waals surface area contributed by atoms with Crippen LogP contribution in [-0.4, -0.2) is 107 Å². The lowest BCUT2D eigenvalue weighted by atomic mass is 10.1. The number of esters is 1. The molecule has 0 aliphatic heterocycles. The average Bonchev–Trinajstić information content (AvgIpc) is 2.90. The third-order valence-corrected chi connectivity index (χ3v) is 6.67. The highest BCUT2D eigenvalue weighted by Crippen LogP contribution is 2.10. The van der Waals surface area contributed by atoms with E-state index in [2.05, 4.69) is 26.6 Å². The lowest BCUT2D eigenvalue weighted by molar-refractivity contribution is -0.145. The number of carbonyl (C=O) groups excluding carboxylic acids is 1. The molecule has 0 atom stereocenters. The van der Waals surface area contributed by atoms with Crippen LogP contribution in [0.15, 0.2) is 0 Å². The number of ether oxygens (including phenoxy) is 7. The van der Waals surface area contributed by atoms with Crippen LogP contribution in [0.5, 0.6) is 0 Å². The molecule has 10 heteroatoms. The van der Waals surface area contributed by atoms with E-state index < -0.39 is 8.32 Å². The highest BCUT2D eigenvalue weighted by molar-refractivity contribution is 6.69. The molecule has 234 valence electrons. The standard InChI is InChI=1S/C29H60O9Si/c1-5-6-7-8-9-10-11-12-13-14-29(30)37-27-25-35-23-21-33-19-17-31-15-16-32-18-20-34-22-24-36-26-28-38-39(2,3)4/h5-28H2,1-4H3. The quantitative estimate of drug-likeness (QED) is 0.0589. The van der Waals surface area contributed by atoms with Crippen molar-refractivity contribution >= 4 is 14.3 Å². The Morgan fingerprint density at radius 1 is 0.462 bits per heavy atom. The zero-order valence-corrected chi connectivity index (χ0v) is 26.6. The van der Waals surface area contributed by atoms with Crippen LogP contribution in [0.2, 0.25) is 19.6 Å². The van der Waals surface area contributed by atoms with Crippen LogP contribution < -0.4 is 0 Å². The molecule has 0 bridgehead atoms. The lowest BCUT2D eigenvalue weighted by Crippen LogP contribution is -2.27. The van der Waals surface area contributed by atoms with Gasteiger partial charge in [0.05, 0.1) is 85.9 Å². The Kier molecular flexibility index (Phi) is 29.9.